The summed E-state index contributed by atoms with van der Waals surface area (Å²) >= 11 is 0. The highest BCUT2D eigenvalue weighted by Gasteiger charge is 2.08. The summed E-state index contributed by atoms with van der Waals surface area (Å²) in [5, 5.41) is 0. The van der Waals surface area contributed by atoms with Crippen molar-refractivity contribution >= 4 is 10.1 Å². The highest BCUT2D eigenvalue weighted by atomic mass is 32.2. The number of hydrogen-bond donors (Lipinski definition) is 0. The van der Waals surface area contributed by atoms with Crippen LogP contribution in [0.1, 0.15) is 82.4 Å². The molecule has 0 fully saturated rings. The summed E-state index contributed by atoms with van der Waals surface area (Å²) in [6.07, 6.45) is 11.4. The maximum absolute atomic E-state index is 11.4. The summed E-state index contributed by atoms with van der Waals surface area (Å²) in [6, 6.07) is 6.87. The molecule has 0 saturated carbocycles. The number of rotatable bonds is 14. The normalized spacial score (nSPS) is 11.8. The molecule has 3 nitrogen and oxygen atoms in total. The van der Waals surface area contributed by atoms with Gasteiger partial charge in [-0.2, -0.15) is 8.42 Å². The Morgan fingerprint density at radius 3 is 2.08 bits per heavy atom. The largest absolute Gasteiger partial charge is 0.270 e. The predicted molar refractivity (Wildman–Crippen MR) is 107 cm³/mol. The summed E-state index contributed by atoms with van der Waals surface area (Å²) < 4.78 is 27.8. The molecule has 0 aliphatic heterocycles. The standard InChI is InChI=1S/C21H36O3S/c1-4-7-9-12-19-15-16-20(21(18-19)13-10-8-5-2)14-11-17-24-25(22,23)6-3/h15-16,18H,4-14,17H2,1-3H3. The van der Waals surface area contributed by atoms with E-state index in [1.165, 1.54) is 55.2 Å². The Labute approximate surface area is 155 Å². The second-order valence-corrected chi connectivity index (χ2v) is 8.72. The highest BCUT2D eigenvalue weighted by molar-refractivity contribution is 7.86. The molecule has 25 heavy (non-hydrogen) atoms. The zero-order valence-electron chi connectivity index (χ0n) is 16.4. The molecule has 0 saturated heterocycles. The maximum Gasteiger partial charge on any atom is 0.267 e. The minimum Gasteiger partial charge on any atom is -0.270 e. The van der Waals surface area contributed by atoms with Gasteiger partial charge in [0.05, 0.1) is 12.4 Å². The van der Waals surface area contributed by atoms with Crippen LogP contribution in [0.15, 0.2) is 18.2 Å². The monoisotopic (exact) mass is 368 g/mol. The topological polar surface area (TPSA) is 43.4 Å². The van der Waals surface area contributed by atoms with Crippen molar-refractivity contribution in [2.75, 3.05) is 12.4 Å². The van der Waals surface area contributed by atoms with E-state index in [-0.39, 0.29) is 12.4 Å². The third kappa shape index (κ3) is 9.41. The van der Waals surface area contributed by atoms with Crippen LogP contribution in [0.25, 0.3) is 0 Å². The van der Waals surface area contributed by atoms with Crippen molar-refractivity contribution in [2.45, 2.75) is 85.0 Å². The fourth-order valence-corrected chi connectivity index (χ4v) is 3.53. The first-order valence-electron chi connectivity index (χ1n) is 10.00. The van der Waals surface area contributed by atoms with Crippen molar-refractivity contribution in [3.8, 4) is 0 Å². The lowest BCUT2D eigenvalue weighted by atomic mass is 9.94. The molecular weight excluding hydrogens is 332 g/mol. The van der Waals surface area contributed by atoms with Gasteiger partial charge in [-0.25, -0.2) is 0 Å². The van der Waals surface area contributed by atoms with Crippen molar-refractivity contribution in [2.24, 2.45) is 0 Å². The molecule has 0 aliphatic carbocycles. The van der Waals surface area contributed by atoms with E-state index in [1.54, 1.807) is 6.92 Å². The molecule has 0 heterocycles. The molecule has 1 aromatic carbocycles. The smallest absolute Gasteiger partial charge is 0.267 e. The lowest BCUT2D eigenvalue weighted by Crippen LogP contribution is -2.10. The third-order valence-corrected chi connectivity index (χ3v) is 5.83. The van der Waals surface area contributed by atoms with E-state index in [4.69, 9.17) is 4.18 Å². The van der Waals surface area contributed by atoms with Gasteiger partial charge in [-0.15, -0.1) is 0 Å². The average Bonchev–Trinajstić information content (AvgIpc) is 2.60. The van der Waals surface area contributed by atoms with Crippen molar-refractivity contribution in [3.63, 3.8) is 0 Å². The van der Waals surface area contributed by atoms with Crippen LogP contribution in [0, 0.1) is 0 Å². The van der Waals surface area contributed by atoms with Crippen LogP contribution in [0.5, 0.6) is 0 Å². The Balaban J connectivity index is 2.64. The molecule has 0 amide bonds. The van der Waals surface area contributed by atoms with E-state index in [0.29, 0.717) is 0 Å². The van der Waals surface area contributed by atoms with Gasteiger partial charge in [-0.3, -0.25) is 4.18 Å². The minimum atomic E-state index is -3.32. The number of hydrogen-bond acceptors (Lipinski definition) is 3. The number of benzene rings is 1. The van der Waals surface area contributed by atoms with Crippen molar-refractivity contribution in [3.05, 3.63) is 34.9 Å². The quantitative estimate of drug-likeness (QED) is 0.324. The molecule has 0 aliphatic rings. The summed E-state index contributed by atoms with van der Waals surface area (Å²) in [6.45, 7) is 6.36. The van der Waals surface area contributed by atoms with E-state index in [9.17, 15) is 8.42 Å². The van der Waals surface area contributed by atoms with Gasteiger partial charge in [0.2, 0.25) is 0 Å². The molecule has 0 aromatic heterocycles. The Morgan fingerprint density at radius 1 is 0.800 bits per heavy atom. The first-order chi connectivity index (χ1) is 12.0. The van der Waals surface area contributed by atoms with Crippen LogP contribution in [0.4, 0.5) is 0 Å². The van der Waals surface area contributed by atoms with Gasteiger partial charge in [0.25, 0.3) is 10.1 Å². The van der Waals surface area contributed by atoms with Crippen LogP contribution in [-0.2, 0) is 33.6 Å². The molecule has 0 spiro atoms. The average molecular weight is 369 g/mol. The van der Waals surface area contributed by atoms with Crippen LogP contribution < -0.4 is 0 Å². The number of aryl methyl sites for hydroxylation is 3. The van der Waals surface area contributed by atoms with E-state index in [0.717, 1.165) is 25.7 Å². The Kier molecular flexibility index (Phi) is 11.1. The predicted octanol–water partition coefficient (Wildman–Crippen LogP) is 5.45. The molecule has 1 aromatic rings. The van der Waals surface area contributed by atoms with Gasteiger partial charge in [-0.05, 0) is 62.1 Å². The second kappa shape index (κ2) is 12.5. The van der Waals surface area contributed by atoms with Gasteiger partial charge < -0.3 is 0 Å². The van der Waals surface area contributed by atoms with Gasteiger partial charge in [-0.1, -0.05) is 57.7 Å². The van der Waals surface area contributed by atoms with Gasteiger partial charge in [0, 0.05) is 0 Å². The van der Waals surface area contributed by atoms with E-state index in [2.05, 4.69) is 32.0 Å². The Bertz CT molecular complexity index is 579. The fraction of sp³-hybridized carbons (Fsp3) is 0.714. The fourth-order valence-electron chi connectivity index (χ4n) is 2.99. The lowest BCUT2D eigenvalue weighted by Gasteiger charge is -2.12. The second-order valence-electron chi connectivity index (χ2n) is 6.79. The molecule has 0 bridgehead atoms. The van der Waals surface area contributed by atoms with Crippen molar-refractivity contribution in [1.82, 2.24) is 0 Å². The summed E-state index contributed by atoms with van der Waals surface area (Å²) in [5.74, 6) is 0.0434. The molecular formula is C21H36O3S. The Hall–Kier alpha value is -0.870. The first-order valence-corrected chi connectivity index (χ1v) is 11.6. The van der Waals surface area contributed by atoms with Crippen LogP contribution >= 0.6 is 0 Å². The van der Waals surface area contributed by atoms with Crippen molar-refractivity contribution in [1.29, 1.82) is 0 Å². The molecule has 0 unspecified atom stereocenters. The minimum absolute atomic E-state index is 0.0434. The molecule has 0 atom stereocenters. The van der Waals surface area contributed by atoms with Gasteiger partial charge in [0.15, 0.2) is 0 Å². The van der Waals surface area contributed by atoms with Crippen LogP contribution in [0.3, 0.4) is 0 Å². The van der Waals surface area contributed by atoms with E-state index in [1.807, 2.05) is 0 Å². The third-order valence-electron chi connectivity index (χ3n) is 4.60. The summed E-state index contributed by atoms with van der Waals surface area (Å²) in [4.78, 5) is 0. The van der Waals surface area contributed by atoms with Gasteiger partial charge >= 0.3 is 0 Å². The van der Waals surface area contributed by atoms with Crippen LogP contribution in [0.2, 0.25) is 0 Å². The summed E-state index contributed by atoms with van der Waals surface area (Å²) in [7, 11) is -3.32. The zero-order valence-corrected chi connectivity index (χ0v) is 17.2. The SMILES string of the molecule is CCCCCc1ccc(CCCOS(=O)(=O)CC)c(CCCCC)c1. The molecule has 0 radical (unpaired) electrons. The molecule has 4 heteroatoms. The molecule has 1 rings (SSSR count). The van der Waals surface area contributed by atoms with E-state index < -0.39 is 10.1 Å². The Morgan fingerprint density at radius 2 is 1.44 bits per heavy atom. The molecule has 144 valence electrons. The van der Waals surface area contributed by atoms with Gasteiger partial charge in [0.1, 0.15) is 0 Å². The van der Waals surface area contributed by atoms with Crippen molar-refractivity contribution < 1.29 is 12.6 Å². The molecule has 0 N–H and O–H groups in total. The number of unbranched alkanes of at least 4 members (excludes halogenated alkanes) is 4. The lowest BCUT2D eigenvalue weighted by molar-refractivity contribution is 0.313. The first kappa shape index (κ1) is 22.2. The van der Waals surface area contributed by atoms with Crippen LogP contribution in [-0.4, -0.2) is 20.8 Å². The zero-order chi connectivity index (χ0) is 18.5. The maximum atomic E-state index is 11.4. The summed E-state index contributed by atoms with van der Waals surface area (Å²) in [5.41, 5.74) is 4.24. The van der Waals surface area contributed by atoms with E-state index >= 15 is 0 Å². The highest BCUT2D eigenvalue weighted by Crippen LogP contribution is 2.19.